The Morgan fingerprint density at radius 3 is 2.67 bits per heavy atom. The number of amides is 1. The molecular weight excluding hydrogens is 332 g/mol. The molecule has 1 aromatic rings. The molecule has 1 unspecified atom stereocenters. The molecule has 2 rings (SSSR count). The van der Waals surface area contributed by atoms with E-state index in [0.29, 0.717) is 18.8 Å². The first-order valence-electron chi connectivity index (χ1n) is 7.20. The van der Waals surface area contributed by atoms with Crippen molar-refractivity contribution in [2.75, 3.05) is 26.2 Å². The fraction of sp³-hybridized carbons (Fsp3) is 0.533. The van der Waals surface area contributed by atoms with Crippen molar-refractivity contribution in [1.82, 2.24) is 14.8 Å². The van der Waals surface area contributed by atoms with Crippen LogP contribution < -0.4 is 0 Å². The zero-order valence-corrected chi connectivity index (χ0v) is 13.7. The van der Waals surface area contributed by atoms with Gasteiger partial charge in [0.05, 0.1) is 12.1 Å². The van der Waals surface area contributed by atoms with Gasteiger partial charge in [-0.1, -0.05) is 13.3 Å². The lowest BCUT2D eigenvalue weighted by molar-refractivity contribution is 0.0595. The normalized spacial score (nSPS) is 17.3. The highest BCUT2D eigenvalue weighted by atomic mass is 79.9. The van der Waals surface area contributed by atoms with Gasteiger partial charge >= 0.3 is 0 Å². The highest BCUT2D eigenvalue weighted by Gasteiger charge is 2.26. The van der Waals surface area contributed by atoms with Gasteiger partial charge in [-0.25, -0.2) is 4.98 Å². The highest BCUT2D eigenvalue weighted by molar-refractivity contribution is 9.10. The maximum atomic E-state index is 12.3. The van der Waals surface area contributed by atoms with Gasteiger partial charge in [-0.2, -0.15) is 5.26 Å². The molecule has 1 aliphatic rings. The maximum Gasteiger partial charge on any atom is 0.272 e. The summed E-state index contributed by atoms with van der Waals surface area (Å²) in [4.78, 5) is 20.5. The van der Waals surface area contributed by atoms with E-state index < -0.39 is 0 Å². The number of hydrogen-bond acceptors (Lipinski definition) is 4. The third-order valence-corrected chi connectivity index (χ3v) is 4.17. The van der Waals surface area contributed by atoms with Crippen LogP contribution in [0.3, 0.4) is 0 Å². The van der Waals surface area contributed by atoms with Crippen LogP contribution in [0, 0.1) is 11.3 Å². The standard InChI is InChI=1S/C15H19BrN4O/c1-2-3-13(10-17)19-6-8-20(9-7-19)15(21)14-5-4-12(16)11-18-14/h4-5,11,13H,2-3,6-9H2,1H3. The monoisotopic (exact) mass is 350 g/mol. The molecule has 1 amide bonds. The average Bonchev–Trinajstić information content (AvgIpc) is 2.53. The van der Waals surface area contributed by atoms with Crippen molar-refractivity contribution < 1.29 is 4.79 Å². The quantitative estimate of drug-likeness (QED) is 0.835. The molecule has 1 saturated heterocycles. The summed E-state index contributed by atoms with van der Waals surface area (Å²) in [7, 11) is 0. The molecule has 0 N–H and O–H groups in total. The van der Waals surface area contributed by atoms with Gasteiger partial charge < -0.3 is 4.90 Å². The number of nitrogens with zero attached hydrogens (tertiary/aromatic N) is 4. The number of pyridine rings is 1. The zero-order chi connectivity index (χ0) is 15.2. The molecule has 1 aliphatic heterocycles. The third kappa shape index (κ3) is 4.02. The van der Waals surface area contributed by atoms with Gasteiger partial charge in [0.1, 0.15) is 5.69 Å². The number of carbonyl (C=O) groups excluding carboxylic acids is 1. The molecule has 0 bridgehead atoms. The molecule has 0 saturated carbocycles. The van der Waals surface area contributed by atoms with Gasteiger partial charge in [0.2, 0.25) is 0 Å². The fourth-order valence-corrected chi connectivity index (χ4v) is 2.74. The lowest BCUT2D eigenvalue weighted by Gasteiger charge is -2.36. The Morgan fingerprint density at radius 1 is 1.43 bits per heavy atom. The molecule has 6 heteroatoms. The van der Waals surface area contributed by atoms with Crippen LogP contribution in [0.4, 0.5) is 0 Å². The van der Waals surface area contributed by atoms with Crippen molar-refractivity contribution >= 4 is 21.8 Å². The molecule has 1 aromatic heterocycles. The van der Waals surface area contributed by atoms with Crippen molar-refractivity contribution in [2.45, 2.75) is 25.8 Å². The molecule has 0 radical (unpaired) electrons. The van der Waals surface area contributed by atoms with E-state index in [1.807, 2.05) is 11.0 Å². The van der Waals surface area contributed by atoms with Crippen molar-refractivity contribution in [3.05, 3.63) is 28.5 Å². The molecule has 0 aliphatic carbocycles. The van der Waals surface area contributed by atoms with E-state index >= 15 is 0 Å². The Morgan fingerprint density at radius 2 is 2.14 bits per heavy atom. The molecule has 5 nitrogen and oxygen atoms in total. The van der Waals surface area contributed by atoms with Gasteiger partial charge in [-0.15, -0.1) is 0 Å². The van der Waals surface area contributed by atoms with E-state index in [1.54, 1.807) is 12.3 Å². The van der Waals surface area contributed by atoms with Crippen LogP contribution in [0.2, 0.25) is 0 Å². The van der Waals surface area contributed by atoms with Crippen molar-refractivity contribution in [2.24, 2.45) is 0 Å². The average molecular weight is 351 g/mol. The van der Waals surface area contributed by atoms with E-state index in [9.17, 15) is 10.1 Å². The van der Waals surface area contributed by atoms with Crippen LogP contribution in [-0.4, -0.2) is 52.9 Å². The molecule has 112 valence electrons. The lowest BCUT2D eigenvalue weighted by atomic mass is 10.1. The Balaban J connectivity index is 1.93. The molecule has 0 spiro atoms. The summed E-state index contributed by atoms with van der Waals surface area (Å²) in [5.74, 6) is -0.0360. The summed E-state index contributed by atoms with van der Waals surface area (Å²) in [5, 5.41) is 9.20. The second-order valence-corrected chi connectivity index (χ2v) is 6.04. The largest absolute Gasteiger partial charge is 0.335 e. The Bertz CT molecular complexity index is 517. The second kappa shape index (κ2) is 7.53. The number of hydrogen-bond donors (Lipinski definition) is 0. The first kappa shape index (κ1) is 15.9. The van der Waals surface area contributed by atoms with Crippen molar-refractivity contribution in [3.8, 4) is 6.07 Å². The Kier molecular flexibility index (Phi) is 5.71. The minimum atomic E-state index is -0.0360. The topological polar surface area (TPSA) is 60.2 Å². The highest BCUT2D eigenvalue weighted by Crippen LogP contribution is 2.13. The molecule has 2 heterocycles. The summed E-state index contributed by atoms with van der Waals surface area (Å²) >= 11 is 3.31. The van der Waals surface area contributed by atoms with Gasteiger partial charge in [0.15, 0.2) is 0 Å². The van der Waals surface area contributed by atoms with Crippen LogP contribution in [0.15, 0.2) is 22.8 Å². The number of piperazine rings is 1. The summed E-state index contributed by atoms with van der Waals surface area (Å²) < 4.78 is 0.861. The van der Waals surface area contributed by atoms with E-state index in [4.69, 9.17) is 0 Å². The zero-order valence-electron chi connectivity index (χ0n) is 12.1. The van der Waals surface area contributed by atoms with E-state index in [1.165, 1.54) is 0 Å². The minimum absolute atomic E-state index is 0.0296. The van der Waals surface area contributed by atoms with Gasteiger partial charge in [0.25, 0.3) is 5.91 Å². The second-order valence-electron chi connectivity index (χ2n) is 5.12. The van der Waals surface area contributed by atoms with Crippen molar-refractivity contribution in [1.29, 1.82) is 5.26 Å². The van der Waals surface area contributed by atoms with Crippen LogP contribution in [0.1, 0.15) is 30.3 Å². The van der Waals surface area contributed by atoms with Gasteiger partial charge in [-0.3, -0.25) is 9.69 Å². The predicted octanol–water partition coefficient (Wildman–Crippen LogP) is 2.29. The Labute approximate surface area is 133 Å². The molecule has 1 atom stereocenters. The number of nitriles is 1. The number of rotatable bonds is 4. The summed E-state index contributed by atoms with van der Waals surface area (Å²) in [6.45, 7) is 4.89. The summed E-state index contributed by atoms with van der Waals surface area (Å²) in [6, 6.07) is 5.88. The number of carbonyl (C=O) groups is 1. The molecule has 0 aromatic carbocycles. The van der Waals surface area contributed by atoms with E-state index in [0.717, 1.165) is 30.4 Å². The minimum Gasteiger partial charge on any atom is -0.335 e. The maximum absolute atomic E-state index is 12.3. The van der Waals surface area contributed by atoms with Crippen molar-refractivity contribution in [3.63, 3.8) is 0 Å². The molecular formula is C15H19BrN4O. The summed E-state index contributed by atoms with van der Waals surface area (Å²) in [5.41, 5.74) is 0.469. The fourth-order valence-electron chi connectivity index (χ4n) is 2.50. The van der Waals surface area contributed by atoms with Crippen LogP contribution in [0.25, 0.3) is 0 Å². The SMILES string of the molecule is CCCC(C#N)N1CCN(C(=O)c2ccc(Br)cn2)CC1. The smallest absolute Gasteiger partial charge is 0.272 e. The lowest BCUT2D eigenvalue weighted by Crippen LogP contribution is -2.51. The van der Waals surface area contributed by atoms with Gasteiger partial charge in [-0.05, 0) is 34.5 Å². The third-order valence-electron chi connectivity index (χ3n) is 3.70. The van der Waals surface area contributed by atoms with Crippen LogP contribution >= 0.6 is 15.9 Å². The van der Waals surface area contributed by atoms with Gasteiger partial charge in [0, 0.05) is 36.8 Å². The summed E-state index contributed by atoms with van der Waals surface area (Å²) in [6.07, 6.45) is 3.52. The molecule has 21 heavy (non-hydrogen) atoms. The van der Waals surface area contributed by atoms with Crippen LogP contribution in [0.5, 0.6) is 0 Å². The predicted molar refractivity (Wildman–Crippen MR) is 83.7 cm³/mol. The van der Waals surface area contributed by atoms with E-state index in [-0.39, 0.29) is 11.9 Å². The number of aromatic nitrogens is 1. The van der Waals surface area contributed by atoms with Crippen LogP contribution in [-0.2, 0) is 0 Å². The first-order valence-corrected chi connectivity index (χ1v) is 7.99. The number of halogens is 1. The Hall–Kier alpha value is -1.45. The first-order chi connectivity index (χ1) is 10.2. The molecule has 1 fully saturated rings. The van der Waals surface area contributed by atoms with E-state index in [2.05, 4.69) is 38.8 Å².